The molecule has 0 amide bonds. The van der Waals surface area contributed by atoms with E-state index in [0.29, 0.717) is 5.75 Å². The lowest BCUT2D eigenvalue weighted by Crippen LogP contribution is -2.03. The molecule has 1 N–H and O–H groups in total. The fourth-order valence-electron chi connectivity index (χ4n) is 4.55. The van der Waals surface area contributed by atoms with Crippen molar-refractivity contribution in [2.24, 2.45) is 0 Å². The van der Waals surface area contributed by atoms with Crippen LogP contribution in [0, 0.1) is 0 Å². The zero-order chi connectivity index (χ0) is 19.6. The van der Waals surface area contributed by atoms with Gasteiger partial charge in [0.2, 0.25) is 0 Å². The van der Waals surface area contributed by atoms with Gasteiger partial charge >= 0.3 is 0 Å². The number of hydrogen-bond acceptors (Lipinski definition) is 1. The minimum atomic E-state index is 0.322. The molecule has 142 valence electrons. The van der Waals surface area contributed by atoms with Gasteiger partial charge < -0.3 is 5.11 Å². The van der Waals surface area contributed by atoms with Crippen LogP contribution >= 0.6 is 0 Å². The molecule has 4 aromatic carbocycles. The van der Waals surface area contributed by atoms with Gasteiger partial charge in [-0.05, 0) is 82.3 Å². The highest BCUT2D eigenvalue weighted by Gasteiger charge is 2.22. The summed E-state index contributed by atoms with van der Waals surface area (Å²) in [6, 6.07) is 31.8. The summed E-state index contributed by atoms with van der Waals surface area (Å²) < 4.78 is 0. The molecule has 0 aromatic heterocycles. The van der Waals surface area contributed by atoms with Crippen molar-refractivity contribution in [2.75, 3.05) is 0 Å². The third kappa shape index (κ3) is 3.56. The highest BCUT2D eigenvalue weighted by molar-refractivity contribution is 5.78. The van der Waals surface area contributed by atoms with Crippen molar-refractivity contribution in [3.63, 3.8) is 0 Å². The SMILES string of the molecule is Oc1ccc(Cc2ccc3c(c2CCc2ccccc2)Cc2ccccc2-3)cc1. The molecule has 1 nitrogen and oxygen atoms in total. The largest absolute Gasteiger partial charge is 0.508 e. The molecule has 0 spiro atoms. The highest BCUT2D eigenvalue weighted by atomic mass is 16.3. The molecule has 0 atom stereocenters. The molecule has 0 saturated carbocycles. The van der Waals surface area contributed by atoms with Crippen molar-refractivity contribution in [3.8, 4) is 16.9 Å². The predicted molar refractivity (Wildman–Crippen MR) is 119 cm³/mol. The van der Waals surface area contributed by atoms with E-state index in [1.807, 2.05) is 12.1 Å². The van der Waals surface area contributed by atoms with Gasteiger partial charge in [0.05, 0.1) is 0 Å². The van der Waals surface area contributed by atoms with E-state index in [0.717, 1.165) is 25.7 Å². The second-order valence-corrected chi connectivity index (χ2v) is 7.89. The lowest BCUT2D eigenvalue weighted by atomic mass is 9.89. The lowest BCUT2D eigenvalue weighted by Gasteiger charge is -2.16. The minimum Gasteiger partial charge on any atom is -0.508 e. The molecule has 0 fully saturated rings. The van der Waals surface area contributed by atoms with E-state index in [1.54, 1.807) is 12.1 Å². The monoisotopic (exact) mass is 376 g/mol. The second kappa shape index (κ2) is 7.60. The van der Waals surface area contributed by atoms with Crippen LogP contribution in [-0.4, -0.2) is 5.11 Å². The first-order valence-electron chi connectivity index (χ1n) is 10.3. The molecular formula is C28H24O. The molecule has 0 radical (unpaired) electrons. The van der Waals surface area contributed by atoms with Crippen LogP contribution in [0.5, 0.6) is 5.75 Å². The normalized spacial score (nSPS) is 11.9. The van der Waals surface area contributed by atoms with Gasteiger partial charge in [-0.2, -0.15) is 0 Å². The van der Waals surface area contributed by atoms with E-state index in [-0.39, 0.29) is 0 Å². The number of fused-ring (bicyclic) bond motifs is 3. The number of aryl methyl sites for hydroxylation is 1. The summed E-state index contributed by atoms with van der Waals surface area (Å²) in [4.78, 5) is 0. The molecule has 0 bridgehead atoms. The Morgan fingerprint density at radius 3 is 2.21 bits per heavy atom. The number of benzene rings is 4. The average molecular weight is 376 g/mol. The summed E-state index contributed by atoms with van der Waals surface area (Å²) in [5.41, 5.74) is 11.2. The maximum absolute atomic E-state index is 9.61. The molecule has 1 heteroatoms. The molecule has 1 aliphatic rings. The Labute approximate surface area is 172 Å². The van der Waals surface area contributed by atoms with Gasteiger partial charge in [-0.25, -0.2) is 0 Å². The van der Waals surface area contributed by atoms with Crippen molar-refractivity contribution in [2.45, 2.75) is 25.7 Å². The second-order valence-electron chi connectivity index (χ2n) is 7.89. The summed E-state index contributed by atoms with van der Waals surface area (Å²) >= 11 is 0. The Morgan fingerprint density at radius 2 is 1.38 bits per heavy atom. The molecule has 5 rings (SSSR count). The number of aromatic hydroxyl groups is 1. The Balaban J connectivity index is 1.53. The van der Waals surface area contributed by atoms with Crippen molar-refractivity contribution in [1.29, 1.82) is 0 Å². The predicted octanol–water partition coefficient (Wildman–Crippen LogP) is 6.34. The lowest BCUT2D eigenvalue weighted by molar-refractivity contribution is 0.475. The number of phenolic OH excluding ortho intramolecular Hbond substituents is 1. The van der Waals surface area contributed by atoms with E-state index in [4.69, 9.17) is 0 Å². The molecule has 0 heterocycles. The van der Waals surface area contributed by atoms with Crippen LogP contribution in [-0.2, 0) is 25.7 Å². The van der Waals surface area contributed by atoms with Gasteiger partial charge in [0, 0.05) is 0 Å². The standard InChI is InChI=1S/C28H24O/c29-24-14-10-21(11-15-24)18-23-13-17-27-25-9-5-4-8-22(25)19-28(27)26(23)16-12-20-6-2-1-3-7-20/h1-11,13-15,17,29H,12,16,18-19H2. The first-order chi connectivity index (χ1) is 14.3. The molecule has 1 aliphatic carbocycles. The number of hydrogen-bond donors (Lipinski definition) is 1. The average Bonchev–Trinajstić information content (AvgIpc) is 3.14. The highest BCUT2D eigenvalue weighted by Crippen LogP contribution is 2.40. The number of phenols is 1. The molecule has 4 aromatic rings. The van der Waals surface area contributed by atoms with Crippen LogP contribution in [0.3, 0.4) is 0 Å². The van der Waals surface area contributed by atoms with Gasteiger partial charge in [-0.1, -0.05) is 78.9 Å². The minimum absolute atomic E-state index is 0.322. The Kier molecular flexibility index (Phi) is 4.65. The van der Waals surface area contributed by atoms with E-state index in [2.05, 4.69) is 66.7 Å². The van der Waals surface area contributed by atoms with Crippen molar-refractivity contribution < 1.29 is 5.11 Å². The zero-order valence-corrected chi connectivity index (χ0v) is 16.4. The van der Waals surface area contributed by atoms with E-state index in [9.17, 15) is 5.11 Å². The Bertz CT molecular complexity index is 1140. The molecule has 0 unspecified atom stereocenters. The molecule has 0 saturated heterocycles. The van der Waals surface area contributed by atoms with Crippen LogP contribution in [0.25, 0.3) is 11.1 Å². The van der Waals surface area contributed by atoms with Crippen LogP contribution in [0.4, 0.5) is 0 Å². The Hall–Kier alpha value is -3.32. The summed E-state index contributed by atoms with van der Waals surface area (Å²) in [7, 11) is 0. The van der Waals surface area contributed by atoms with E-state index in [1.165, 1.54) is 44.5 Å². The third-order valence-electron chi connectivity index (χ3n) is 6.04. The van der Waals surface area contributed by atoms with Crippen LogP contribution < -0.4 is 0 Å². The maximum atomic E-state index is 9.61. The van der Waals surface area contributed by atoms with E-state index < -0.39 is 0 Å². The van der Waals surface area contributed by atoms with Crippen LogP contribution in [0.1, 0.15) is 33.4 Å². The fraction of sp³-hybridized carbons (Fsp3) is 0.143. The smallest absolute Gasteiger partial charge is 0.115 e. The summed E-state index contributed by atoms with van der Waals surface area (Å²) in [5, 5.41) is 9.61. The topological polar surface area (TPSA) is 20.2 Å². The molecule has 29 heavy (non-hydrogen) atoms. The number of rotatable bonds is 5. The van der Waals surface area contributed by atoms with Crippen LogP contribution in [0.2, 0.25) is 0 Å². The molecular weight excluding hydrogens is 352 g/mol. The fourth-order valence-corrected chi connectivity index (χ4v) is 4.55. The summed E-state index contributed by atoms with van der Waals surface area (Å²) in [5.74, 6) is 0.322. The van der Waals surface area contributed by atoms with Gasteiger partial charge in [0.1, 0.15) is 5.75 Å². The van der Waals surface area contributed by atoms with Crippen molar-refractivity contribution >= 4 is 0 Å². The zero-order valence-electron chi connectivity index (χ0n) is 16.4. The quantitative estimate of drug-likeness (QED) is 0.379. The summed E-state index contributed by atoms with van der Waals surface area (Å²) in [6.07, 6.45) is 4.03. The van der Waals surface area contributed by atoms with Gasteiger partial charge in [-0.3, -0.25) is 0 Å². The van der Waals surface area contributed by atoms with Crippen LogP contribution in [0.15, 0.2) is 91.0 Å². The first kappa shape index (κ1) is 17.8. The maximum Gasteiger partial charge on any atom is 0.115 e. The van der Waals surface area contributed by atoms with Gasteiger partial charge in [0.15, 0.2) is 0 Å². The van der Waals surface area contributed by atoms with Gasteiger partial charge in [0.25, 0.3) is 0 Å². The van der Waals surface area contributed by atoms with Crippen molar-refractivity contribution in [1.82, 2.24) is 0 Å². The van der Waals surface area contributed by atoms with E-state index >= 15 is 0 Å². The van der Waals surface area contributed by atoms with Crippen molar-refractivity contribution in [3.05, 3.63) is 124 Å². The first-order valence-corrected chi connectivity index (χ1v) is 10.3. The molecule has 0 aliphatic heterocycles. The summed E-state index contributed by atoms with van der Waals surface area (Å²) in [6.45, 7) is 0. The van der Waals surface area contributed by atoms with Gasteiger partial charge in [-0.15, -0.1) is 0 Å². The Morgan fingerprint density at radius 1 is 0.621 bits per heavy atom. The third-order valence-corrected chi connectivity index (χ3v) is 6.04.